The number of carbonyl (C=O) groups excluding carboxylic acids is 3. The number of anilines is 1. The molecule has 1 saturated heterocycles. The van der Waals surface area contributed by atoms with Crippen LogP contribution in [0.15, 0.2) is 28.9 Å². The Morgan fingerprint density at radius 1 is 1.38 bits per heavy atom. The highest BCUT2D eigenvalue weighted by Crippen LogP contribution is 2.33. The molecule has 2 aromatic rings. The number of furan rings is 1. The zero-order valence-electron chi connectivity index (χ0n) is 11.2. The summed E-state index contributed by atoms with van der Waals surface area (Å²) in [4.78, 5) is 33.6. The van der Waals surface area contributed by atoms with E-state index in [2.05, 4.69) is 10.6 Å². The molecule has 0 saturated carbocycles. The van der Waals surface area contributed by atoms with Crippen LogP contribution in [0.1, 0.15) is 24.3 Å². The van der Waals surface area contributed by atoms with Gasteiger partial charge in [-0.1, -0.05) is 0 Å². The number of benzene rings is 1. The van der Waals surface area contributed by atoms with Gasteiger partial charge in [0.25, 0.3) is 0 Å². The third-order valence-corrected chi connectivity index (χ3v) is 3.61. The Kier molecular flexibility index (Phi) is 3.43. The summed E-state index contributed by atoms with van der Waals surface area (Å²) in [5.74, 6) is -0.914. The fraction of sp³-hybridized carbons (Fsp3) is 0.267. The molecule has 108 valence electrons. The van der Waals surface area contributed by atoms with Gasteiger partial charge in [-0.15, -0.1) is 0 Å². The quantitative estimate of drug-likeness (QED) is 0.658. The van der Waals surface area contributed by atoms with Crippen molar-refractivity contribution in [2.45, 2.75) is 18.8 Å². The first-order chi connectivity index (χ1) is 10.2. The first kappa shape index (κ1) is 13.4. The van der Waals surface area contributed by atoms with Crippen LogP contribution in [0.4, 0.5) is 5.69 Å². The van der Waals surface area contributed by atoms with Crippen molar-refractivity contribution in [1.29, 1.82) is 0 Å². The number of rotatable bonds is 4. The molecule has 0 bridgehead atoms. The van der Waals surface area contributed by atoms with Crippen molar-refractivity contribution in [2.75, 3.05) is 11.9 Å². The fourth-order valence-electron chi connectivity index (χ4n) is 2.58. The number of imide groups is 1. The molecule has 0 radical (unpaired) electrons. The number of piperidine rings is 1. The summed E-state index contributed by atoms with van der Waals surface area (Å²) in [6, 6.07) is 5.45. The first-order valence-electron chi connectivity index (χ1n) is 6.71. The summed E-state index contributed by atoms with van der Waals surface area (Å²) in [6.45, 7) is 0.219. The van der Waals surface area contributed by atoms with Crippen LogP contribution in [0, 0.1) is 0 Å². The molecule has 1 aromatic carbocycles. The van der Waals surface area contributed by atoms with Crippen molar-refractivity contribution >= 4 is 34.8 Å². The van der Waals surface area contributed by atoms with E-state index >= 15 is 0 Å². The van der Waals surface area contributed by atoms with E-state index in [4.69, 9.17) is 4.42 Å². The summed E-state index contributed by atoms with van der Waals surface area (Å²) in [6.07, 6.45) is 3.15. The average Bonchev–Trinajstić information content (AvgIpc) is 2.88. The molecule has 1 unspecified atom stereocenters. The summed E-state index contributed by atoms with van der Waals surface area (Å²) in [7, 11) is 0. The first-order valence-corrected chi connectivity index (χ1v) is 6.71. The van der Waals surface area contributed by atoms with Gasteiger partial charge in [0.1, 0.15) is 11.9 Å². The van der Waals surface area contributed by atoms with E-state index in [9.17, 15) is 14.4 Å². The zero-order chi connectivity index (χ0) is 14.8. The van der Waals surface area contributed by atoms with Gasteiger partial charge >= 0.3 is 0 Å². The Labute approximate surface area is 120 Å². The van der Waals surface area contributed by atoms with Gasteiger partial charge < -0.3 is 14.5 Å². The molecule has 6 heteroatoms. The predicted molar refractivity (Wildman–Crippen MR) is 75.9 cm³/mol. The number of fused-ring (bicyclic) bond motifs is 1. The molecule has 0 aliphatic carbocycles. The lowest BCUT2D eigenvalue weighted by Gasteiger charge is -2.19. The number of nitrogens with one attached hydrogen (secondary N) is 2. The van der Waals surface area contributed by atoms with Crippen molar-refractivity contribution in [2.24, 2.45) is 0 Å². The van der Waals surface area contributed by atoms with E-state index in [1.54, 1.807) is 12.3 Å². The molecule has 2 N–H and O–H groups in total. The van der Waals surface area contributed by atoms with Crippen LogP contribution in [0.3, 0.4) is 0 Å². The fourth-order valence-corrected chi connectivity index (χ4v) is 2.58. The average molecular weight is 286 g/mol. The molecule has 1 aliphatic rings. The highest BCUT2D eigenvalue weighted by molar-refractivity contribution is 6.03. The van der Waals surface area contributed by atoms with Gasteiger partial charge in [-0.2, -0.15) is 0 Å². The second-order valence-electron chi connectivity index (χ2n) is 4.95. The van der Waals surface area contributed by atoms with Crippen LogP contribution in [0.2, 0.25) is 0 Å². The topological polar surface area (TPSA) is 88.4 Å². The Morgan fingerprint density at radius 3 is 3.00 bits per heavy atom. The van der Waals surface area contributed by atoms with E-state index in [-0.39, 0.29) is 24.3 Å². The largest absolute Gasteiger partial charge is 0.464 e. The molecule has 1 fully saturated rings. The van der Waals surface area contributed by atoms with Crippen LogP contribution in [-0.2, 0) is 14.4 Å². The van der Waals surface area contributed by atoms with E-state index in [1.807, 2.05) is 12.1 Å². The Morgan fingerprint density at radius 2 is 2.24 bits per heavy atom. The minimum absolute atomic E-state index is 0.219. The van der Waals surface area contributed by atoms with Crippen molar-refractivity contribution in [3.8, 4) is 0 Å². The van der Waals surface area contributed by atoms with Crippen molar-refractivity contribution in [3.63, 3.8) is 0 Å². The minimum Gasteiger partial charge on any atom is -0.464 e. The Bertz CT molecular complexity index is 720. The Balaban J connectivity index is 1.96. The minimum atomic E-state index is -0.384. The zero-order valence-corrected chi connectivity index (χ0v) is 11.2. The van der Waals surface area contributed by atoms with Gasteiger partial charge in [0.2, 0.25) is 11.8 Å². The molecule has 1 aromatic heterocycles. The third kappa shape index (κ3) is 2.52. The molecule has 21 heavy (non-hydrogen) atoms. The van der Waals surface area contributed by atoms with Crippen LogP contribution in [-0.4, -0.2) is 24.6 Å². The number of aldehydes is 1. The van der Waals surface area contributed by atoms with Crippen LogP contribution in [0.25, 0.3) is 11.0 Å². The van der Waals surface area contributed by atoms with Gasteiger partial charge in [0, 0.05) is 23.1 Å². The lowest BCUT2D eigenvalue weighted by atomic mass is 9.90. The summed E-state index contributed by atoms with van der Waals surface area (Å²) in [5.41, 5.74) is 2.22. The lowest BCUT2D eigenvalue weighted by molar-refractivity contribution is -0.134. The second-order valence-corrected chi connectivity index (χ2v) is 4.95. The summed E-state index contributed by atoms with van der Waals surface area (Å²) >= 11 is 0. The van der Waals surface area contributed by atoms with Gasteiger partial charge in [-0.05, 0) is 24.6 Å². The van der Waals surface area contributed by atoms with E-state index in [1.165, 1.54) is 0 Å². The Hall–Kier alpha value is -2.63. The predicted octanol–water partition coefficient (Wildman–Crippen LogP) is 1.56. The number of hydrogen-bond acceptors (Lipinski definition) is 5. The molecule has 0 spiro atoms. The maximum atomic E-state index is 12.0. The van der Waals surface area contributed by atoms with Crippen LogP contribution in [0.5, 0.6) is 0 Å². The summed E-state index contributed by atoms with van der Waals surface area (Å²) in [5, 5.41) is 6.13. The number of hydrogen-bond donors (Lipinski definition) is 2. The van der Waals surface area contributed by atoms with Crippen molar-refractivity contribution in [3.05, 3.63) is 30.0 Å². The monoisotopic (exact) mass is 286 g/mol. The van der Waals surface area contributed by atoms with Gasteiger partial charge in [-0.3, -0.25) is 14.9 Å². The van der Waals surface area contributed by atoms with Crippen LogP contribution >= 0.6 is 0 Å². The van der Waals surface area contributed by atoms with Crippen LogP contribution < -0.4 is 10.6 Å². The smallest absolute Gasteiger partial charge is 0.234 e. The summed E-state index contributed by atoms with van der Waals surface area (Å²) < 4.78 is 5.47. The van der Waals surface area contributed by atoms with Gasteiger partial charge in [0.15, 0.2) is 0 Å². The maximum absolute atomic E-state index is 12.0. The maximum Gasteiger partial charge on any atom is 0.234 e. The SMILES string of the molecule is O=CCNc1ccc2occ(C3CCC(=O)NC3=O)c2c1. The van der Waals surface area contributed by atoms with E-state index in [0.29, 0.717) is 18.4 Å². The number of amides is 2. The molecular formula is C15H14N2O4. The molecule has 6 nitrogen and oxygen atoms in total. The number of carbonyl (C=O) groups is 3. The molecule has 3 rings (SSSR count). The molecule has 1 aliphatic heterocycles. The van der Waals surface area contributed by atoms with Gasteiger partial charge in [-0.25, -0.2) is 0 Å². The molecule has 1 atom stereocenters. The molecule has 2 amide bonds. The van der Waals surface area contributed by atoms with E-state index < -0.39 is 0 Å². The highest BCUT2D eigenvalue weighted by Gasteiger charge is 2.30. The normalized spacial score (nSPS) is 18.6. The van der Waals surface area contributed by atoms with Crippen molar-refractivity contribution in [1.82, 2.24) is 5.32 Å². The lowest BCUT2D eigenvalue weighted by Crippen LogP contribution is -2.39. The second kappa shape index (κ2) is 5.40. The third-order valence-electron chi connectivity index (χ3n) is 3.61. The molecular weight excluding hydrogens is 272 g/mol. The standard InChI is InChI=1S/C15H14N2O4/c18-6-5-16-9-1-3-13-11(7-9)12(8-21-13)10-2-4-14(19)17-15(10)20/h1,3,6-8,10,16H,2,4-5H2,(H,17,19,20). The van der Waals surface area contributed by atoms with Gasteiger partial charge in [0.05, 0.1) is 18.7 Å². The highest BCUT2D eigenvalue weighted by atomic mass is 16.3. The van der Waals surface area contributed by atoms with Crippen molar-refractivity contribution < 1.29 is 18.8 Å². The molecule has 2 heterocycles. The van der Waals surface area contributed by atoms with E-state index in [0.717, 1.165) is 22.9 Å².